The lowest BCUT2D eigenvalue weighted by molar-refractivity contribution is -0.476. The van der Waals surface area contributed by atoms with Gasteiger partial charge in [-0.25, -0.2) is 4.74 Å². The molecule has 0 aromatic rings. The average molecular weight is 288 g/mol. The fraction of sp³-hybridized carbons (Fsp3) is 1.00. The van der Waals surface area contributed by atoms with Crippen LogP contribution in [0.1, 0.15) is 0 Å². The van der Waals surface area contributed by atoms with E-state index in [1.165, 1.54) is 0 Å². The molecule has 1 unspecified atom stereocenters. The van der Waals surface area contributed by atoms with E-state index in [1.54, 1.807) is 0 Å². The lowest BCUT2D eigenvalue weighted by atomic mass is 10.4. The van der Waals surface area contributed by atoms with Crippen LogP contribution in [0, 0.1) is 0 Å². The maximum atomic E-state index is 12.6. The number of hydrogen-bond donors (Lipinski definition) is 3. The molecule has 0 bridgehead atoms. The summed E-state index contributed by atoms with van der Waals surface area (Å²) >= 11 is 0. The van der Waals surface area contributed by atoms with Crippen molar-refractivity contribution in [1.82, 2.24) is 0 Å². The summed E-state index contributed by atoms with van der Waals surface area (Å²) in [7, 11) is 0. The Morgan fingerprint density at radius 3 is 1.94 bits per heavy atom. The molecule has 0 saturated heterocycles. The first-order chi connectivity index (χ1) is 7.91. The minimum atomic E-state index is -5.81. The molecule has 0 saturated carbocycles. The van der Waals surface area contributed by atoms with Gasteiger partial charge in [0.15, 0.2) is 0 Å². The van der Waals surface area contributed by atoms with Gasteiger partial charge in [0, 0.05) is 0 Å². The number of aliphatic hydroxyl groups excluding tert-OH is 2. The zero-order valence-electron chi connectivity index (χ0n) is 8.62. The molecular weight excluding hydrogens is 278 g/mol. The highest BCUT2D eigenvalue weighted by Crippen LogP contribution is 2.37. The van der Waals surface area contributed by atoms with Crippen LogP contribution in [0.5, 0.6) is 0 Å². The number of ether oxygens (including phenoxy) is 2. The molecule has 0 aliphatic heterocycles. The smallest absolute Gasteiger partial charge is 0.394 e. The van der Waals surface area contributed by atoms with Crippen LogP contribution in [0.4, 0.5) is 26.3 Å². The lowest BCUT2D eigenvalue weighted by Gasteiger charge is -2.26. The van der Waals surface area contributed by atoms with Crippen LogP contribution in [0.3, 0.4) is 0 Å². The van der Waals surface area contributed by atoms with E-state index in [-0.39, 0.29) is 0 Å². The van der Waals surface area contributed by atoms with Crippen molar-refractivity contribution in [3.05, 3.63) is 0 Å². The number of hydrogen-bond acceptors (Lipinski definition) is 5. The van der Waals surface area contributed by atoms with Gasteiger partial charge in [0.2, 0.25) is 0 Å². The molecule has 11 heteroatoms. The van der Waals surface area contributed by atoms with Crippen molar-refractivity contribution in [1.29, 1.82) is 0 Å². The second kappa shape index (κ2) is 6.02. The van der Waals surface area contributed by atoms with Gasteiger partial charge in [-0.15, -0.1) is 0 Å². The van der Waals surface area contributed by atoms with Gasteiger partial charge >= 0.3 is 18.3 Å². The Bertz CT molecular complexity index is 255. The van der Waals surface area contributed by atoms with Gasteiger partial charge in [-0.2, -0.15) is 26.3 Å². The molecule has 18 heavy (non-hydrogen) atoms. The van der Waals surface area contributed by atoms with Gasteiger partial charge in [0.05, 0.1) is 13.2 Å². The molecule has 0 amide bonds. The standard InChI is InChI=1S/C7H10F6O5/c8-5(9,3-17-2-4(15)1-14)18-7(12,13)6(10,11)16/h4,14-16H,1-3H2. The number of rotatable bonds is 8. The Labute approximate surface area is 96.5 Å². The summed E-state index contributed by atoms with van der Waals surface area (Å²) in [6.07, 6.45) is -18.0. The molecule has 0 heterocycles. The van der Waals surface area contributed by atoms with E-state index in [1.807, 2.05) is 0 Å². The molecule has 0 aliphatic carbocycles. The van der Waals surface area contributed by atoms with Gasteiger partial charge in [0.1, 0.15) is 12.7 Å². The van der Waals surface area contributed by atoms with E-state index in [9.17, 15) is 26.3 Å². The predicted octanol–water partition coefficient (Wildman–Crippen LogP) is 0.144. The summed E-state index contributed by atoms with van der Waals surface area (Å²) in [6.45, 7) is -3.57. The van der Waals surface area contributed by atoms with Gasteiger partial charge in [-0.3, -0.25) is 0 Å². The molecule has 0 spiro atoms. The number of alkyl halides is 6. The van der Waals surface area contributed by atoms with Crippen LogP contribution < -0.4 is 0 Å². The summed E-state index contributed by atoms with van der Waals surface area (Å²) in [4.78, 5) is 0. The molecule has 0 fully saturated rings. The third-order valence-corrected chi connectivity index (χ3v) is 1.42. The van der Waals surface area contributed by atoms with Gasteiger partial charge in [-0.05, 0) is 0 Å². The third kappa shape index (κ3) is 5.82. The SMILES string of the molecule is OCC(O)COCC(F)(F)OC(F)(F)C(O)(F)F. The summed E-state index contributed by atoms with van der Waals surface area (Å²) in [5.74, 6) is 0. The van der Waals surface area contributed by atoms with Crippen LogP contribution in [0.2, 0.25) is 0 Å². The highest BCUT2D eigenvalue weighted by molar-refractivity contribution is 4.67. The molecule has 0 aromatic heterocycles. The summed E-state index contributed by atoms with van der Waals surface area (Å²) in [5, 5.41) is 24.5. The molecular formula is C7H10F6O5. The van der Waals surface area contributed by atoms with E-state index in [4.69, 9.17) is 15.3 Å². The summed E-state index contributed by atoms with van der Waals surface area (Å²) < 4.78 is 79.6. The monoisotopic (exact) mass is 288 g/mol. The van der Waals surface area contributed by atoms with Crippen molar-refractivity contribution in [2.45, 2.75) is 24.4 Å². The van der Waals surface area contributed by atoms with Crippen LogP contribution in [-0.4, -0.2) is 59.6 Å². The first-order valence-electron chi connectivity index (χ1n) is 4.34. The first-order valence-corrected chi connectivity index (χ1v) is 4.34. The Balaban J connectivity index is 4.31. The van der Waals surface area contributed by atoms with E-state index >= 15 is 0 Å². The normalized spacial score (nSPS) is 15.8. The third-order valence-electron chi connectivity index (χ3n) is 1.42. The lowest BCUT2D eigenvalue weighted by Crippen LogP contribution is -2.48. The molecule has 0 rings (SSSR count). The van der Waals surface area contributed by atoms with Gasteiger partial charge in [0.25, 0.3) is 0 Å². The maximum Gasteiger partial charge on any atom is 0.452 e. The van der Waals surface area contributed by atoms with E-state index in [0.29, 0.717) is 0 Å². The fourth-order valence-corrected chi connectivity index (χ4v) is 0.645. The van der Waals surface area contributed by atoms with Crippen molar-refractivity contribution in [2.75, 3.05) is 19.8 Å². The Kier molecular flexibility index (Phi) is 5.81. The topological polar surface area (TPSA) is 79.2 Å². The van der Waals surface area contributed by atoms with Crippen LogP contribution >= 0.6 is 0 Å². The Morgan fingerprint density at radius 1 is 1.06 bits per heavy atom. The molecule has 110 valence electrons. The van der Waals surface area contributed by atoms with Crippen LogP contribution in [0.15, 0.2) is 0 Å². The molecule has 1 atom stereocenters. The molecule has 0 radical (unpaired) electrons. The van der Waals surface area contributed by atoms with E-state index in [0.717, 1.165) is 0 Å². The summed E-state index contributed by atoms with van der Waals surface area (Å²) in [5.41, 5.74) is 0. The summed E-state index contributed by atoms with van der Waals surface area (Å²) in [6, 6.07) is 0. The highest BCUT2D eigenvalue weighted by atomic mass is 19.3. The number of aliphatic hydroxyl groups is 3. The molecule has 0 aromatic carbocycles. The largest absolute Gasteiger partial charge is 0.452 e. The predicted molar refractivity (Wildman–Crippen MR) is 42.1 cm³/mol. The van der Waals surface area contributed by atoms with E-state index in [2.05, 4.69) is 9.47 Å². The minimum Gasteiger partial charge on any atom is -0.394 e. The Morgan fingerprint density at radius 2 is 1.56 bits per heavy atom. The minimum absolute atomic E-state index is 0.836. The second-order valence-electron chi connectivity index (χ2n) is 3.15. The zero-order valence-corrected chi connectivity index (χ0v) is 8.62. The molecule has 0 aliphatic rings. The maximum absolute atomic E-state index is 12.6. The highest BCUT2D eigenvalue weighted by Gasteiger charge is 2.62. The van der Waals surface area contributed by atoms with Crippen molar-refractivity contribution in [3.8, 4) is 0 Å². The fourth-order valence-electron chi connectivity index (χ4n) is 0.645. The van der Waals surface area contributed by atoms with Crippen LogP contribution in [0.25, 0.3) is 0 Å². The van der Waals surface area contributed by atoms with Crippen LogP contribution in [-0.2, 0) is 9.47 Å². The van der Waals surface area contributed by atoms with Crippen molar-refractivity contribution >= 4 is 0 Å². The average Bonchev–Trinajstić information content (AvgIpc) is 2.13. The molecule has 3 N–H and O–H groups in total. The molecule has 5 nitrogen and oxygen atoms in total. The van der Waals surface area contributed by atoms with Crippen molar-refractivity contribution in [2.24, 2.45) is 0 Å². The Hall–Kier alpha value is -0.620. The first kappa shape index (κ1) is 17.4. The second-order valence-corrected chi connectivity index (χ2v) is 3.15. The van der Waals surface area contributed by atoms with E-state index < -0.39 is 44.3 Å². The quantitative estimate of drug-likeness (QED) is 0.554. The van der Waals surface area contributed by atoms with Crippen molar-refractivity contribution < 1.29 is 51.1 Å². The van der Waals surface area contributed by atoms with Gasteiger partial charge in [-0.1, -0.05) is 0 Å². The number of halogens is 6. The van der Waals surface area contributed by atoms with Crippen molar-refractivity contribution in [3.63, 3.8) is 0 Å². The zero-order chi connectivity index (χ0) is 14.6. The van der Waals surface area contributed by atoms with Gasteiger partial charge < -0.3 is 20.1 Å².